The SMILES string of the molecule is C=C1CCC[C@@](C)(CC=O)[C@H]1CO[Si](C)(C)C(C)(C)C. The van der Waals surface area contributed by atoms with Crippen LogP contribution in [0.4, 0.5) is 0 Å². The molecule has 0 N–H and O–H groups in total. The summed E-state index contributed by atoms with van der Waals surface area (Å²) in [4.78, 5) is 11.0. The monoisotopic (exact) mass is 296 g/mol. The zero-order chi connectivity index (χ0) is 15.6. The van der Waals surface area contributed by atoms with Crippen molar-refractivity contribution >= 4 is 14.6 Å². The highest BCUT2D eigenvalue weighted by atomic mass is 28.4. The van der Waals surface area contributed by atoms with E-state index in [1.165, 1.54) is 5.57 Å². The van der Waals surface area contributed by atoms with Crippen molar-refractivity contribution in [1.29, 1.82) is 0 Å². The van der Waals surface area contributed by atoms with Gasteiger partial charge in [0, 0.05) is 18.9 Å². The van der Waals surface area contributed by atoms with E-state index in [1.54, 1.807) is 0 Å². The van der Waals surface area contributed by atoms with Crippen molar-refractivity contribution < 1.29 is 9.22 Å². The van der Waals surface area contributed by atoms with E-state index in [1.807, 2.05) is 0 Å². The zero-order valence-electron chi connectivity index (χ0n) is 14.2. The fourth-order valence-corrected chi connectivity index (χ4v) is 3.84. The third-order valence-electron chi connectivity index (χ3n) is 5.55. The van der Waals surface area contributed by atoms with Gasteiger partial charge in [0.1, 0.15) is 6.29 Å². The van der Waals surface area contributed by atoms with Crippen LogP contribution in [0.1, 0.15) is 53.4 Å². The number of carbonyl (C=O) groups is 1. The molecule has 1 saturated carbocycles. The van der Waals surface area contributed by atoms with Crippen molar-refractivity contribution in [3.8, 4) is 0 Å². The molecule has 2 atom stereocenters. The molecule has 0 aliphatic heterocycles. The van der Waals surface area contributed by atoms with Crippen LogP contribution in [0.15, 0.2) is 12.2 Å². The molecule has 0 saturated heterocycles. The van der Waals surface area contributed by atoms with Crippen molar-refractivity contribution in [3.05, 3.63) is 12.2 Å². The molecule has 0 unspecified atom stereocenters. The predicted octanol–water partition coefficient (Wildman–Crippen LogP) is 4.96. The van der Waals surface area contributed by atoms with Crippen LogP contribution in [0, 0.1) is 11.3 Å². The molecule has 0 aromatic rings. The third-order valence-corrected chi connectivity index (χ3v) is 10.0. The maximum Gasteiger partial charge on any atom is 0.192 e. The van der Waals surface area contributed by atoms with Crippen LogP contribution < -0.4 is 0 Å². The van der Waals surface area contributed by atoms with E-state index in [-0.39, 0.29) is 10.5 Å². The zero-order valence-corrected chi connectivity index (χ0v) is 15.2. The van der Waals surface area contributed by atoms with Gasteiger partial charge in [0.05, 0.1) is 0 Å². The number of hydrogen-bond acceptors (Lipinski definition) is 2. The van der Waals surface area contributed by atoms with Crippen LogP contribution in [0.2, 0.25) is 18.1 Å². The lowest BCUT2D eigenvalue weighted by atomic mass is 9.64. The summed E-state index contributed by atoms with van der Waals surface area (Å²) in [5.74, 6) is 0.329. The van der Waals surface area contributed by atoms with Crippen LogP contribution in [-0.2, 0) is 9.22 Å². The molecule has 1 aliphatic carbocycles. The molecule has 116 valence electrons. The van der Waals surface area contributed by atoms with Gasteiger partial charge in [0.25, 0.3) is 0 Å². The molecule has 0 heterocycles. The second-order valence-electron chi connectivity index (χ2n) is 8.16. The molecule has 0 bridgehead atoms. The maximum absolute atomic E-state index is 11.0. The van der Waals surface area contributed by atoms with E-state index in [0.29, 0.717) is 12.3 Å². The average Bonchev–Trinajstić information content (AvgIpc) is 2.26. The second-order valence-corrected chi connectivity index (χ2v) is 13.0. The van der Waals surface area contributed by atoms with Crippen LogP contribution in [0.5, 0.6) is 0 Å². The van der Waals surface area contributed by atoms with Crippen molar-refractivity contribution in [2.75, 3.05) is 6.61 Å². The summed E-state index contributed by atoms with van der Waals surface area (Å²) >= 11 is 0. The Morgan fingerprint density at radius 2 is 2.05 bits per heavy atom. The Kier molecular flexibility index (Phi) is 5.42. The molecule has 1 rings (SSSR count). The Balaban J connectivity index is 2.81. The fraction of sp³-hybridized carbons (Fsp3) is 0.824. The van der Waals surface area contributed by atoms with Gasteiger partial charge < -0.3 is 9.22 Å². The molecular weight excluding hydrogens is 264 g/mol. The Labute approximate surface area is 126 Å². The Bertz CT molecular complexity index is 368. The number of hydrogen-bond donors (Lipinski definition) is 0. The summed E-state index contributed by atoms with van der Waals surface area (Å²) < 4.78 is 6.41. The molecule has 3 heteroatoms. The largest absolute Gasteiger partial charge is 0.416 e. The lowest BCUT2D eigenvalue weighted by molar-refractivity contribution is -0.110. The third kappa shape index (κ3) is 3.82. The normalized spacial score (nSPS) is 28.5. The number of carbonyl (C=O) groups excluding carboxylic acids is 1. The Morgan fingerprint density at radius 1 is 1.45 bits per heavy atom. The highest BCUT2D eigenvalue weighted by Crippen LogP contribution is 2.46. The molecular formula is C17H32O2Si. The first-order chi connectivity index (χ1) is 9.03. The molecule has 1 fully saturated rings. The van der Waals surface area contributed by atoms with Gasteiger partial charge in [0.15, 0.2) is 8.32 Å². The molecule has 1 aliphatic rings. The van der Waals surface area contributed by atoms with E-state index < -0.39 is 8.32 Å². The van der Waals surface area contributed by atoms with Gasteiger partial charge in [-0.25, -0.2) is 0 Å². The Hall–Kier alpha value is -0.413. The number of aldehydes is 1. The van der Waals surface area contributed by atoms with Gasteiger partial charge in [-0.15, -0.1) is 0 Å². The summed E-state index contributed by atoms with van der Waals surface area (Å²) in [5, 5.41) is 0.226. The summed E-state index contributed by atoms with van der Waals surface area (Å²) in [6, 6.07) is 0. The lowest BCUT2D eigenvalue weighted by Crippen LogP contribution is -2.45. The van der Waals surface area contributed by atoms with Gasteiger partial charge in [0.2, 0.25) is 0 Å². The molecule has 2 nitrogen and oxygen atoms in total. The average molecular weight is 297 g/mol. The first kappa shape index (κ1) is 17.6. The van der Waals surface area contributed by atoms with E-state index >= 15 is 0 Å². The second kappa shape index (κ2) is 6.14. The van der Waals surface area contributed by atoms with E-state index in [2.05, 4.69) is 47.4 Å². The minimum absolute atomic E-state index is 0.0411. The standard InChI is InChI=1S/C17H32O2Si/c1-14-9-8-10-17(5,11-12-18)15(14)13-19-20(6,7)16(2,3)4/h12,15H,1,8-11,13H2,2-7H3/t15-,17-/m0/s1. The van der Waals surface area contributed by atoms with E-state index in [9.17, 15) is 4.79 Å². The molecule has 0 radical (unpaired) electrons. The van der Waals surface area contributed by atoms with Crippen LogP contribution in [0.25, 0.3) is 0 Å². The summed E-state index contributed by atoms with van der Waals surface area (Å²) in [6.07, 6.45) is 5.03. The van der Waals surface area contributed by atoms with Crippen LogP contribution in [-0.4, -0.2) is 21.2 Å². The van der Waals surface area contributed by atoms with Gasteiger partial charge in [-0.1, -0.05) is 39.8 Å². The van der Waals surface area contributed by atoms with Gasteiger partial charge in [-0.05, 0) is 42.8 Å². The minimum atomic E-state index is -1.73. The quantitative estimate of drug-likeness (QED) is 0.407. The van der Waals surface area contributed by atoms with Crippen LogP contribution in [0.3, 0.4) is 0 Å². The predicted molar refractivity (Wildman–Crippen MR) is 88.4 cm³/mol. The van der Waals surface area contributed by atoms with Gasteiger partial charge >= 0.3 is 0 Å². The molecule has 0 aromatic carbocycles. The van der Waals surface area contributed by atoms with Crippen LogP contribution >= 0.6 is 0 Å². The van der Waals surface area contributed by atoms with E-state index in [4.69, 9.17) is 4.43 Å². The summed E-state index contributed by atoms with van der Waals surface area (Å²) in [5.41, 5.74) is 1.32. The highest BCUT2D eigenvalue weighted by Gasteiger charge is 2.42. The highest BCUT2D eigenvalue weighted by molar-refractivity contribution is 6.74. The first-order valence-electron chi connectivity index (χ1n) is 7.79. The van der Waals surface area contributed by atoms with Crippen molar-refractivity contribution in [3.63, 3.8) is 0 Å². The topological polar surface area (TPSA) is 26.3 Å². The Morgan fingerprint density at radius 3 is 2.55 bits per heavy atom. The summed E-state index contributed by atoms with van der Waals surface area (Å²) in [7, 11) is -1.73. The summed E-state index contributed by atoms with van der Waals surface area (Å²) in [6.45, 7) is 18.6. The maximum atomic E-state index is 11.0. The molecule has 20 heavy (non-hydrogen) atoms. The van der Waals surface area contributed by atoms with Crippen molar-refractivity contribution in [2.45, 2.75) is 71.5 Å². The molecule has 0 amide bonds. The number of rotatable bonds is 5. The molecule has 0 aromatic heterocycles. The van der Waals surface area contributed by atoms with Crippen molar-refractivity contribution in [2.24, 2.45) is 11.3 Å². The first-order valence-corrected chi connectivity index (χ1v) is 10.7. The smallest absolute Gasteiger partial charge is 0.192 e. The van der Waals surface area contributed by atoms with Gasteiger partial charge in [-0.3, -0.25) is 0 Å². The lowest BCUT2D eigenvalue weighted by Gasteiger charge is -2.44. The van der Waals surface area contributed by atoms with Gasteiger partial charge in [-0.2, -0.15) is 0 Å². The molecule has 0 spiro atoms. The fourth-order valence-electron chi connectivity index (χ4n) is 2.82. The van der Waals surface area contributed by atoms with E-state index in [0.717, 1.165) is 32.2 Å². The minimum Gasteiger partial charge on any atom is -0.416 e. The van der Waals surface area contributed by atoms with Crippen molar-refractivity contribution in [1.82, 2.24) is 0 Å².